The minimum Gasteiger partial charge on any atom is -0.493 e. The molecule has 0 amide bonds. The molecule has 0 aliphatic carbocycles. The molecule has 1 aliphatic rings. The topological polar surface area (TPSA) is 111 Å². The lowest BCUT2D eigenvalue weighted by Gasteiger charge is -2.32. The molecule has 2 unspecified atom stereocenters. The molecule has 2 atom stereocenters. The highest BCUT2D eigenvalue weighted by atomic mass is 16.5. The zero-order chi connectivity index (χ0) is 25.7. The molecule has 1 N–H and O–H groups in total. The van der Waals surface area contributed by atoms with E-state index in [9.17, 15) is 10.1 Å². The molecule has 35 heavy (non-hydrogen) atoms. The number of allylic oxidation sites excluding steroid dienone is 1. The van der Waals surface area contributed by atoms with Crippen LogP contribution in [0.4, 0.5) is 0 Å². The van der Waals surface area contributed by atoms with E-state index < -0.39 is 17.8 Å². The summed E-state index contributed by atoms with van der Waals surface area (Å²) in [5.41, 5.74) is 3.71. The van der Waals surface area contributed by atoms with Crippen molar-refractivity contribution in [1.82, 2.24) is 0 Å². The van der Waals surface area contributed by atoms with Crippen molar-refractivity contribution in [2.45, 2.75) is 40.2 Å². The first kappa shape index (κ1) is 25.6. The first-order valence-corrected chi connectivity index (χ1v) is 11.2. The summed E-state index contributed by atoms with van der Waals surface area (Å²) in [4.78, 5) is 12.9. The maximum Gasteiger partial charge on any atom is 0.338 e. The number of aryl methyl sites for hydroxylation is 2. The second-order valence-corrected chi connectivity index (χ2v) is 8.16. The molecule has 0 aromatic heterocycles. The number of nitrogens with one attached hydrogen (secondary N) is 1. The van der Waals surface area contributed by atoms with Gasteiger partial charge in [-0.3, -0.25) is 5.41 Å². The summed E-state index contributed by atoms with van der Waals surface area (Å²) >= 11 is 0. The van der Waals surface area contributed by atoms with Gasteiger partial charge in [-0.15, -0.1) is 0 Å². The normalized spacial score (nSPS) is 17.3. The highest BCUT2D eigenvalue weighted by molar-refractivity contribution is 5.96. The van der Waals surface area contributed by atoms with E-state index in [1.54, 1.807) is 40.2 Å². The number of carbonyl (C=O) groups is 1. The maximum atomic E-state index is 12.9. The van der Waals surface area contributed by atoms with E-state index in [-0.39, 0.29) is 30.4 Å². The molecule has 2 aromatic carbocycles. The van der Waals surface area contributed by atoms with Crippen LogP contribution in [-0.2, 0) is 20.9 Å². The zero-order valence-electron chi connectivity index (χ0n) is 20.9. The number of hydrogen-bond donors (Lipinski definition) is 1. The van der Waals surface area contributed by atoms with Gasteiger partial charge >= 0.3 is 5.97 Å². The van der Waals surface area contributed by atoms with Gasteiger partial charge in [0.1, 0.15) is 18.3 Å². The van der Waals surface area contributed by atoms with Crippen LogP contribution in [0.3, 0.4) is 0 Å². The average molecular weight is 479 g/mol. The fourth-order valence-corrected chi connectivity index (χ4v) is 4.28. The molecular formula is C27H30N2O6. The minimum absolute atomic E-state index is 0.184. The summed E-state index contributed by atoms with van der Waals surface area (Å²) in [6.45, 7) is 7.60. The molecule has 0 saturated carbocycles. The predicted octanol–water partition coefficient (Wildman–Crippen LogP) is 4.97. The number of benzene rings is 2. The summed E-state index contributed by atoms with van der Waals surface area (Å²) < 4.78 is 27.7. The molecule has 8 nitrogen and oxygen atoms in total. The first-order chi connectivity index (χ1) is 16.8. The number of nitrogens with zero attached hydrogens (tertiary/aromatic N) is 1. The Balaban J connectivity index is 2.08. The molecule has 0 radical (unpaired) electrons. The Hall–Kier alpha value is -3.99. The Morgan fingerprint density at radius 1 is 1.11 bits per heavy atom. The van der Waals surface area contributed by atoms with Crippen LogP contribution in [-0.4, -0.2) is 32.7 Å². The Bertz CT molecular complexity index is 1190. The van der Waals surface area contributed by atoms with Crippen LogP contribution in [0.2, 0.25) is 0 Å². The molecule has 0 saturated heterocycles. The lowest BCUT2D eigenvalue weighted by molar-refractivity contribution is -0.139. The third kappa shape index (κ3) is 5.09. The average Bonchev–Trinajstić information content (AvgIpc) is 2.83. The number of rotatable bonds is 8. The Morgan fingerprint density at radius 3 is 2.34 bits per heavy atom. The number of esters is 1. The van der Waals surface area contributed by atoms with Gasteiger partial charge < -0.3 is 23.7 Å². The zero-order valence-corrected chi connectivity index (χ0v) is 20.9. The number of carbonyl (C=O) groups excluding carboxylic acids is 1. The highest BCUT2D eigenvalue weighted by Gasteiger charge is 2.42. The third-order valence-electron chi connectivity index (χ3n) is 6.02. The molecule has 1 aliphatic heterocycles. The van der Waals surface area contributed by atoms with E-state index in [0.29, 0.717) is 17.2 Å². The van der Waals surface area contributed by atoms with Crippen molar-refractivity contribution in [2.75, 3.05) is 20.8 Å². The van der Waals surface area contributed by atoms with Gasteiger partial charge in [0.2, 0.25) is 11.6 Å². The van der Waals surface area contributed by atoms with Gasteiger partial charge in [-0.2, -0.15) is 5.26 Å². The Labute approximate surface area is 205 Å². The van der Waals surface area contributed by atoms with Gasteiger partial charge in [-0.1, -0.05) is 18.2 Å². The molecule has 8 heteroatoms. The fraction of sp³-hybridized carbons (Fsp3) is 0.370. The van der Waals surface area contributed by atoms with Crippen LogP contribution in [0.1, 0.15) is 42.0 Å². The van der Waals surface area contributed by atoms with Gasteiger partial charge in [0.15, 0.2) is 11.5 Å². The van der Waals surface area contributed by atoms with Crippen molar-refractivity contribution in [3.63, 3.8) is 0 Å². The molecule has 1 heterocycles. The van der Waals surface area contributed by atoms with E-state index in [4.69, 9.17) is 29.1 Å². The Kier molecular flexibility index (Phi) is 8.02. The van der Waals surface area contributed by atoms with Gasteiger partial charge in [-0.05, 0) is 62.1 Å². The van der Waals surface area contributed by atoms with E-state index in [2.05, 4.69) is 6.07 Å². The smallest absolute Gasteiger partial charge is 0.338 e. The van der Waals surface area contributed by atoms with E-state index in [0.717, 1.165) is 22.3 Å². The van der Waals surface area contributed by atoms with Crippen LogP contribution >= 0.6 is 0 Å². The number of methoxy groups -OCH3 is 2. The van der Waals surface area contributed by atoms with Gasteiger partial charge in [-0.25, -0.2) is 4.79 Å². The van der Waals surface area contributed by atoms with Gasteiger partial charge in [0.25, 0.3) is 0 Å². The molecular weight excluding hydrogens is 448 g/mol. The van der Waals surface area contributed by atoms with E-state index in [1.165, 1.54) is 0 Å². The number of nitriles is 1. The van der Waals surface area contributed by atoms with Crippen LogP contribution in [0.15, 0.2) is 41.7 Å². The van der Waals surface area contributed by atoms with Crippen molar-refractivity contribution in [3.8, 4) is 23.3 Å². The molecule has 0 fully saturated rings. The van der Waals surface area contributed by atoms with E-state index in [1.807, 2.05) is 32.0 Å². The molecule has 2 aromatic rings. The van der Waals surface area contributed by atoms with Crippen LogP contribution in [0.25, 0.3) is 0 Å². The SMILES string of the molecule is CCOC(=O)C1=C(C)OC(=N)C(C#N)C1c1cc(COc2c(OC)cccc2OC)c(C)cc1C. The fourth-order valence-electron chi connectivity index (χ4n) is 4.28. The number of hydrogen-bond acceptors (Lipinski definition) is 8. The number of ether oxygens (including phenoxy) is 5. The quantitative estimate of drug-likeness (QED) is 0.533. The lowest BCUT2D eigenvalue weighted by atomic mass is 9.76. The monoisotopic (exact) mass is 478 g/mol. The second-order valence-electron chi connectivity index (χ2n) is 8.16. The Morgan fingerprint density at radius 2 is 1.77 bits per heavy atom. The van der Waals surface area contributed by atoms with Crippen LogP contribution in [0.5, 0.6) is 17.2 Å². The van der Waals surface area contributed by atoms with Crippen LogP contribution in [0, 0.1) is 36.5 Å². The molecule has 0 spiro atoms. The maximum absolute atomic E-state index is 12.9. The highest BCUT2D eigenvalue weighted by Crippen LogP contribution is 2.42. The van der Waals surface area contributed by atoms with Crippen molar-refractivity contribution in [2.24, 2.45) is 5.92 Å². The molecule has 184 valence electrons. The van der Waals surface area contributed by atoms with Gasteiger partial charge in [0, 0.05) is 5.92 Å². The van der Waals surface area contributed by atoms with Gasteiger partial charge in [0.05, 0.1) is 32.5 Å². The lowest BCUT2D eigenvalue weighted by Crippen LogP contribution is -2.33. The summed E-state index contributed by atoms with van der Waals surface area (Å²) in [6.07, 6.45) is 0. The first-order valence-electron chi connectivity index (χ1n) is 11.2. The summed E-state index contributed by atoms with van der Waals surface area (Å²) in [5, 5.41) is 18.1. The summed E-state index contributed by atoms with van der Waals surface area (Å²) in [5.74, 6) is -0.604. The van der Waals surface area contributed by atoms with E-state index >= 15 is 0 Å². The van der Waals surface area contributed by atoms with Crippen molar-refractivity contribution in [1.29, 1.82) is 10.7 Å². The third-order valence-corrected chi connectivity index (χ3v) is 6.02. The summed E-state index contributed by atoms with van der Waals surface area (Å²) in [6, 6.07) is 11.4. The van der Waals surface area contributed by atoms with Crippen LogP contribution < -0.4 is 14.2 Å². The second kappa shape index (κ2) is 11.0. The molecule has 0 bridgehead atoms. The molecule has 3 rings (SSSR count). The largest absolute Gasteiger partial charge is 0.493 e. The van der Waals surface area contributed by atoms with Crippen molar-refractivity contribution < 1.29 is 28.5 Å². The predicted molar refractivity (Wildman–Crippen MR) is 130 cm³/mol. The standard InChI is InChI=1S/C27H30N2O6/c1-7-33-27(30)23-17(4)35-26(29)20(13-28)24(23)19-12-18(15(2)11-16(19)3)14-34-25-21(31-5)9-8-10-22(25)32-6/h8-12,20,24,29H,7,14H2,1-6H3. The summed E-state index contributed by atoms with van der Waals surface area (Å²) in [7, 11) is 3.12. The number of para-hydroxylation sites is 1. The minimum atomic E-state index is -0.970. The van der Waals surface area contributed by atoms with Crippen molar-refractivity contribution >= 4 is 11.9 Å². The van der Waals surface area contributed by atoms with Crippen molar-refractivity contribution in [3.05, 3.63) is 63.9 Å².